The van der Waals surface area contributed by atoms with Crippen LogP contribution in [0.3, 0.4) is 0 Å². The lowest BCUT2D eigenvalue weighted by molar-refractivity contribution is -0.146. The van der Waals surface area contributed by atoms with Crippen LogP contribution in [0.1, 0.15) is 90.9 Å². The van der Waals surface area contributed by atoms with E-state index in [1.54, 1.807) is 7.11 Å². The molecule has 36 heavy (non-hydrogen) atoms. The van der Waals surface area contributed by atoms with E-state index in [4.69, 9.17) is 14.2 Å². The summed E-state index contributed by atoms with van der Waals surface area (Å²) in [6.07, 6.45) is 21.8. The maximum Gasteiger partial charge on any atom is 0.407 e. The Labute approximate surface area is 221 Å². The normalized spacial score (nSPS) is 12.5. The molecule has 1 N–H and O–H groups in total. The maximum atomic E-state index is 12.1. The Morgan fingerprint density at radius 1 is 0.833 bits per heavy atom. The van der Waals surface area contributed by atoms with Crippen molar-refractivity contribution in [3.63, 3.8) is 0 Å². The summed E-state index contributed by atoms with van der Waals surface area (Å²) in [4.78, 5) is 26.0. The third kappa shape index (κ3) is 23.9. The van der Waals surface area contributed by atoms with E-state index in [0.717, 1.165) is 45.2 Å². The minimum absolute atomic E-state index is 0.153. The Morgan fingerprint density at radius 2 is 1.47 bits per heavy atom. The number of hydrogen-bond acceptors (Lipinski definition) is 6. The summed E-state index contributed by atoms with van der Waals surface area (Å²) in [6, 6.07) is 0. The van der Waals surface area contributed by atoms with Gasteiger partial charge in [-0.05, 0) is 52.1 Å². The highest BCUT2D eigenvalue weighted by atomic mass is 16.6. The molecule has 7 heteroatoms. The van der Waals surface area contributed by atoms with Gasteiger partial charge in [0.15, 0.2) is 0 Å². The second-order valence-electron chi connectivity index (χ2n) is 9.41. The van der Waals surface area contributed by atoms with Gasteiger partial charge in [0, 0.05) is 26.6 Å². The van der Waals surface area contributed by atoms with Crippen LogP contribution in [0.25, 0.3) is 0 Å². The molecule has 0 aliphatic rings. The van der Waals surface area contributed by atoms with Crippen LogP contribution >= 0.6 is 0 Å². The van der Waals surface area contributed by atoms with Crippen LogP contribution in [0.15, 0.2) is 24.3 Å². The van der Waals surface area contributed by atoms with Crippen molar-refractivity contribution in [2.75, 3.05) is 53.6 Å². The fourth-order valence-electron chi connectivity index (χ4n) is 3.50. The fourth-order valence-corrected chi connectivity index (χ4v) is 3.50. The summed E-state index contributed by atoms with van der Waals surface area (Å²) in [5, 5.41) is 2.72. The van der Waals surface area contributed by atoms with Gasteiger partial charge in [-0.25, -0.2) is 4.79 Å². The molecular weight excluding hydrogens is 456 g/mol. The highest BCUT2D eigenvalue weighted by molar-refractivity contribution is 5.69. The minimum Gasteiger partial charge on any atom is -0.465 e. The lowest BCUT2D eigenvalue weighted by Crippen LogP contribution is -2.34. The fraction of sp³-hybridized carbons (Fsp3) is 0.793. The molecule has 0 bridgehead atoms. The number of nitrogens with zero attached hydrogens (tertiary/aromatic N) is 1. The van der Waals surface area contributed by atoms with E-state index in [1.165, 1.54) is 38.5 Å². The summed E-state index contributed by atoms with van der Waals surface area (Å²) < 4.78 is 15.8. The summed E-state index contributed by atoms with van der Waals surface area (Å²) in [5.74, 6) is -0.374. The SMILES string of the molecule is CCCCC/C=C\C/C=C\CCCCCCCC(=O)OCC(COC)COC(=O)NCCN(C)CC. The molecule has 0 fully saturated rings. The molecule has 0 aromatic rings. The quantitative estimate of drug-likeness (QED) is 0.0935. The first-order valence-electron chi connectivity index (χ1n) is 14.1. The Hall–Kier alpha value is -1.86. The van der Waals surface area contributed by atoms with Crippen molar-refractivity contribution in [3.05, 3.63) is 24.3 Å². The number of esters is 1. The average Bonchev–Trinajstić information content (AvgIpc) is 2.87. The first kappa shape index (κ1) is 34.1. The predicted molar refractivity (Wildman–Crippen MR) is 148 cm³/mol. The zero-order valence-electron chi connectivity index (χ0n) is 23.6. The van der Waals surface area contributed by atoms with Crippen molar-refractivity contribution in [1.82, 2.24) is 10.2 Å². The van der Waals surface area contributed by atoms with E-state index >= 15 is 0 Å². The van der Waals surface area contributed by atoms with Crippen molar-refractivity contribution in [2.45, 2.75) is 90.9 Å². The van der Waals surface area contributed by atoms with Gasteiger partial charge in [-0.2, -0.15) is 0 Å². The van der Waals surface area contributed by atoms with E-state index in [9.17, 15) is 9.59 Å². The molecule has 0 aromatic heterocycles. The lowest BCUT2D eigenvalue weighted by Gasteiger charge is -2.17. The molecule has 1 amide bonds. The molecule has 0 saturated heterocycles. The number of rotatable bonds is 24. The van der Waals surface area contributed by atoms with Crippen molar-refractivity contribution in [3.8, 4) is 0 Å². The molecule has 0 spiro atoms. The van der Waals surface area contributed by atoms with E-state index < -0.39 is 6.09 Å². The standard InChI is InChI=1S/C29H54N2O5/c1-5-7-8-9-10-11-12-13-14-15-16-17-18-19-20-21-28(32)35-25-27(24-34-4)26-36-29(33)30-22-23-31(3)6-2/h10-11,13-14,27H,5-9,12,15-26H2,1-4H3,(H,30,33)/b11-10-,14-13-. The van der Waals surface area contributed by atoms with Crippen LogP contribution < -0.4 is 5.32 Å². The maximum absolute atomic E-state index is 12.1. The number of ether oxygens (including phenoxy) is 3. The second kappa shape index (κ2) is 26.2. The van der Waals surface area contributed by atoms with Gasteiger partial charge < -0.3 is 24.4 Å². The molecule has 0 aromatic carbocycles. The number of unbranched alkanes of at least 4 members (excludes halogenated alkanes) is 8. The number of carbonyl (C=O) groups is 2. The largest absolute Gasteiger partial charge is 0.465 e. The van der Waals surface area contributed by atoms with Gasteiger partial charge in [0.05, 0.1) is 19.1 Å². The molecule has 210 valence electrons. The van der Waals surface area contributed by atoms with Crippen LogP contribution in [0.2, 0.25) is 0 Å². The van der Waals surface area contributed by atoms with E-state index in [2.05, 4.69) is 48.4 Å². The van der Waals surface area contributed by atoms with E-state index in [1.807, 2.05) is 7.05 Å². The van der Waals surface area contributed by atoms with Crippen molar-refractivity contribution < 1.29 is 23.8 Å². The molecule has 0 aliphatic heterocycles. The monoisotopic (exact) mass is 510 g/mol. The van der Waals surface area contributed by atoms with Crippen LogP contribution in [-0.4, -0.2) is 70.6 Å². The van der Waals surface area contributed by atoms with Gasteiger partial charge in [-0.1, -0.05) is 70.3 Å². The van der Waals surface area contributed by atoms with Crippen LogP contribution in [0.4, 0.5) is 4.79 Å². The molecule has 1 atom stereocenters. The van der Waals surface area contributed by atoms with Crippen LogP contribution in [-0.2, 0) is 19.0 Å². The third-order valence-corrected chi connectivity index (χ3v) is 5.97. The van der Waals surface area contributed by atoms with Gasteiger partial charge in [0.1, 0.15) is 6.61 Å². The second-order valence-corrected chi connectivity index (χ2v) is 9.41. The van der Waals surface area contributed by atoms with Crippen LogP contribution in [0.5, 0.6) is 0 Å². The molecule has 0 heterocycles. The van der Waals surface area contributed by atoms with Gasteiger partial charge >= 0.3 is 12.1 Å². The van der Waals surface area contributed by atoms with E-state index in [0.29, 0.717) is 19.6 Å². The Kier molecular flexibility index (Phi) is 24.9. The predicted octanol–water partition coefficient (Wildman–Crippen LogP) is 6.28. The summed E-state index contributed by atoms with van der Waals surface area (Å²) in [7, 11) is 3.57. The molecule has 0 saturated carbocycles. The molecule has 0 radical (unpaired) electrons. The average molecular weight is 511 g/mol. The lowest BCUT2D eigenvalue weighted by atomic mass is 10.1. The summed E-state index contributed by atoms with van der Waals surface area (Å²) in [6.45, 7) is 7.22. The molecule has 0 aliphatic carbocycles. The summed E-state index contributed by atoms with van der Waals surface area (Å²) >= 11 is 0. The molecule has 7 nitrogen and oxygen atoms in total. The first-order valence-corrected chi connectivity index (χ1v) is 14.1. The zero-order chi connectivity index (χ0) is 26.7. The number of nitrogens with one attached hydrogen (secondary N) is 1. The van der Waals surface area contributed by atoms with Crippen molar-refractivity contribution in [1.29, 1.82) is 0 Å². The number of methoxy groups -OCH3 is 1. The van der Waals surface area contributed by atoms with Gasteiger partial charge in [-0.3, -0.25) is 4.79 Å². The Morgan fingerprint density at radius 3 is 2.14 bits per heavy atom. The van der Waals surface area contributed by atoms with Gasteiger partial charge in [0.2, 0.25) is 0 Å². The highest BCUT2D eigenvalue weighted by Crippen LogP contribution is 2.09. The van der Waals surface area contributed by atoms with Crippen LogP contribution in [0, 0.1) is 5.92 Å². The minimum atomic E-state index is -0.461. The number of amides is 1. The zero-order valence-corrected chi connectivity index (χ0v) is 23.6. The van der Waals surface area contributed by atoms with Crippen molar-refractivity contribution in [2.24, 2.45) is 5.92 Å². The van der Waals surface area contributed by atoms with E-state index in [-0.39, 0.29) is 25.1 Å². The molecule has 1 unspecified atom stereocenters. The number of hydrogen-bond donors (Lipinski definition) is 1. The Balaban J connectivity index is 3.74. The molecule has 0 rings (SSSR count). The number of likely N-dealkylation sites (N-methyl/N-ethyl adjacent to an activating group) is 1. The topological polar surface area (TPSA) is 77.1 Å². The van der Waals surface area contributed by atoms with Crippen molar-refractivity contribution >= 4 is 12.1 Å². The Bertz CT molecular complexity index is 580. The highest BCUT2D eigenvalue weighted by Gasteiger charge is 2.15. The number of alkyl carbamates (subject to hydrolysis) is 1. The molecular formula is C29H54N2O5. The van der Waals surface area contributed by atoms with Gasteiger partial charge in [-0.15, -0.1) is 0 Å². The third-order valence-electron chi connectivity index (χ3n) is 5.97. The smallest absolute Gasteiger partial charge is 0.407 e. The number of carbonyl (C=O) groups excluding carboxylic acids is 2. The summed E-state index contributed by atoms with van der Waals surface area (Å²) in [5.41, 5.74) is 0. The van der Waals surface area contributed by atoms with Gasteiger partial charge in [0.25, 0.3) is 0 Å². The first-order chi connectivity index (χ1) is 17.5. The number of allylic oxidation sites excluding steroid dienone is 4.